The van der Waals surface area contributed by atoms with E-state index in [0.717, 1.165) is 25.9 Å². The maximum Gasteiger partial charge on any atom is 0.311 e. The molecular weight excluding hydrogens is 234 g/mol. The Morgan fingerprint density at radius 1 is 1.50 bits per heavy atom. The average molecular weight is 255 g/mol. The van der Waals surface area contributed by atoms with Crippen molar-refractivity contribution in [2.24, 2.45) is 5.41 Å². The lowest BCUT2D eigenvalue weighted by atomic mass is 9.90. The van der Waals surface area contributed by atoms with Crippen molar-refractivity contribution in [3.63, 3.8) is 0 Å². The molecule has 102 valence electrons. The molecular formula is C13H21NO4. The maximum atomic E-state index is 12.0. The van der Waals surface area contributed by atoms with Gasteiger partial charge in [0.2, 0.25) is 5.91 Å². The third-order valence-electron chi connectivity index (χ3n) is 4.05. The molecule has 2 fully saturated rings. The van der Waals surface area contributed by atoms with E-state index in [0.29, 0.717) is 25.9 Å². The fraction of sp³-hybridized carbons (Fsp3) is 0.846. The molecule has 0 aromatic rings. The van der Waals surface area contributed by atoms with Gasteiger partial charge in [-0.05, 0) is 32.6 Å². The van der Waals surface area contributed by atoms with Crippen molar-refractivity contribution in [1.82, 2.24) is 4.90 Å². The molecule has 2 aliphatic heterocycles. The summed E-state index contributed by atoms with van der Waals surface area (Å²) < 4.78 is 5.48. The van der Waals surface area contributed by atoms with Crippen molar-refractivity contribution in [2.75, 3.05) is 19.7 Å². The van der Waals surface area contributed by atoms with E-state index in [4.69, 9.17) is 9.84 Å². The van der Waals surface area contributed by atoms with Crippen molar-refractivity contribution in [3.05, 3.63) is 0 Å². The molecule has 18 heavy (non-hydrogen) atoms. The number of carboxylic acid groups (broad SMARTS) is 1. The van der Waals surface area contributed by atoms with Crippen molar-refractivity contribution in [3.8, 4) is 0 Å². The maximum absolute atomic E-state index is 12.0. The molecule has 0 aromatic heterocycles. The van der Waals surface area contributed by atoms with Gasteiger partial charge in [0.15, 0.2) is 0 Å². The second-order valence-electron chi connectivity index (χ2n) is 5.60. The summed E-state index contributed by atoms with van der Waals surface area (Å²) >= 11 is 0. The largest absolute Gasteiger partial charge is 0.481 e. The molecule has 0 aliphatic carbocycles. The Morgan fingerprint density at radius 2 is 2.28 bits per heavy atom. The lowest BCUT2D eigenvalue weighted by Gasteiger charge is -2.20. The number of likely N-dealkylation sites (tertiary alicyclic amines) is 1. The summed E-state index contributed by atoms with van der Waals surface area (Å²) in [6, 6.07) is 0. The van der Waals surface area contributed by atoms with Crippen LogP contribution in [-0.2, 0) is 14.3 Å². The number of carboxylic acids is 1. The second-order valence-corrected chi connectivity index (χ2v) is 5.60. The molecule has 0 aromatic carbocycles. The van der Waals surface area contributed by atoms with Gasteiger partial charge >= 0.3 is 5.97 Å². The van der Waals surface area contributed by atoms with Crippen molar-refractivity contribution in [1.29, 1.82) is 0 Å². The highest BCUT2D eigenvalue weighted by Gasteiger charge is 2.41. The Kier molecular flexibility index (Phi) is 3.90. The minimum Gasteiger partial charge on any atom is -0.481 e. The Morgan fingerprint density at radius 3 is 2.83 bits per heavy atom. The van der Waals surface area contributed by atoms with Gasteiger partial charge in [-0.15, -0.1) is 0 Å². The topological polar surface area (TPSA) is 66.8 Å². The third-order valence-corrected chi connectivity index (χ3v) is 4.05. The fourth-order valence-corrected chi connectivity index (χ4v) is 2.66. The number of nitrogens with zero attached hydrogens (tertiary/aromatic N) is 1. The Balaban J connectivity index is 1.78. The molecule has 0 radical (unpaired) electrons. The summed E-state index contributed by atoms with van der Waals surface area (Å²) in [4.78, 5) is 24.8. The molecule has 2 unspecified atom stereocenters. The monoisotopic (exact) mass is 255 g/mol. The Labute approximate surface area is 107 Å². The molecule has 0 saturated carbocycles. The van der Waals surface area contributed by atoms with Crippen LogP contribution < -0.4 is 0 Å². The molecule has 5 heteroatoms. The van der Waals surface area contributed by atoms with Crippen LogP contribution in [0.1, 0.15) is 39.0 Å². The average Bonchev–Trinajstić information content (AvgIpc) is 2.95. The number of rotatable bonds is 4. The zero-order chi connectivity index (χ0) is 13.2. The number of carbonyl (C=O) groups excluding carboxylic acids is 1. The number of aliphatic carboxylic acids is 1. The van der Waals surface area contributed by atoms with Crippen molar-refractivity contribution < 1.29 is 19.4 Å². The van der Waals surface area contributed by atoms with Crippen LogP contribution >= 0.6 is 0 Å². The smallest absolute Gasteiger partial charge is 0.311 e. The fourth-order valence-electron chi connectivity index (χ4n) is 2.66. The third kappa shape index (κ3) is 2.83. The quantitative estimate of drug-likeness (QED) is 0.821. The van der Waals surface area contributed by atoms with Gasteiger partial charge in [-0.1, -0.05) is 0 Å². The molecule has 5 nitrogen and oxygen atoms in total. The first-order valence-electron chi connectivity index (χ1n) is 6.64. The molecule has 2 atom stereocenters. The summed E-state index contributed by atoms with van der Waals surface area (Å²) in [6.45, 7) is 3.42. The zero-order valence-corrected chi connectivity index (χ0v) is 10.9. The normalized spacial score (nSPS) is 31.8. The van der Waals surface area contributed by atoms with Gasteiger partial charge in [0.1, 0.15) is 0 Å². The van der Waals surface area contributed by atoms with Gasteiger partial charge in [0.25, 0.3) is 0 Å². The van der Waals surface area contributed by atoms with E-state index in [1.807, 2.05) is 0 Å². The van der Waals surface area contributed by atoms with Crippen molar-refractivity contribution in [2.45, 2.75) is 45.1 Å². The number of amides is 1. The van der Waals surface area contributed by atoms with E-state index < -0.39 is 11.4 Å². The van der Waals surface area contributed by atoms with Crippen LogP contribution in [-0.4, -0.2) is 47.7 Å². The van der Waals surface area contributed by atoms with E-state index in [-0.39, 0.29) is 12.0 Å². The number of hydrogen-bond acceptors (Lipinski definition) is 3. The predicted molar refractivity (Wildman–Crippen MR) is 65.1 cm³/mol. The molecule has 2 aliphatic rings. The highest BCUT2D eigenvalue weighted by atomic mass is 16.5. The summed E-state index contributed by atoms with van der Waals surface area (Å²) in [5.41, 5.74) is -0.764. The molecule has 2 rings (SSSR count). The van der Waals surface area contributed by atoms with Gasteiger partial charge in [0.05, 0.1) is 11.5 Å². The minimum atomic E-state index is -0.808. The molecule has 1 N–H and O–H groups in total. The number of ether oxygens (including phenoxy) is 1. The highest BCUT2D eigenvalue weighted by molar-refractivity contribution is 5.80. The van der Waals surface area contributed by atoms with Gasteiger partial charge in [-0.2, -0.15) is 0 Å². The van der Waals surface area contributed by atoms with Crippen LogP contribution in [0.4, 0.5) is 0 Å². The summed E-state index contributed by atoms with van der Waals surface area (Å²) in [5.74, 6) is -0.743. The Bertz CT molecular complexity index is 338. The van der Waals surface area contributed by atoms with E-state index in [1.54, 1.807) is 11.8 Å². The van der Waals surface area contributed by atoms with Crippen LogP contribution in [0.5, 0.6) is 0 Å². The van der Waals surface area contributed by atoms with Crippen LogP contribution in [0.2, 0.25) is 0 Å². The SMILES string of the molecule is CC1(C(=O)O)CCN(C(=O)CCC2CCCO2)C1. The first-order valence-corrected chi connectivity index (χ1v) is 6.64. The number of hydrogen-bond donors (Lipinski definition) is 1. The van der Waals surface area contributed by atoms with Gasteiger partial charge in [-0.25, -0.2) is 0 Å². The first-order chi connectivity index (χ1) is 8.51. The van der Waals surface area contributed by atoms with Crippen molar-refractivity contribution >= 4 is 11.9 Å². The summed E-state index contributed by atoms with van der Waals surface area (Å²) in [5, 5.41) is 9.12. The van der Waals surface area contributed by atoms with Crippen LogP contribution in [0.3, 0.4) is 0 Å². The summed E-state index contributed by atoms with van der Waals surface area (Å²) in [7, 11) is 0. The van der Waals surface area contributed by atoms with E-state index >= 15 is 0 Å². The Hall–Kier alpha value is -1.10. The molecule has 0 spiro atoms. The molecule has 2 heterocycles. The first kappa shape index (κ1) is 13.3. The minimum absolute atomic E-state index is 0.0653. The molecule has 0 bridgehead atoms. The summed E-state index contributed by atoms with van der Waals surface area (Å²) in [6.07, 6.45) is 4.13. The van der Waals surface area contributed by atoms with Gasteiger partial charge < -0.3 is 14.7 Å². The predicted octanol–water partition coefficient (Wildman–Crippen LogP) is 1.27. The molecule has 2 saturated heterocycles. The van der Waals surface area contributed by atoms with Crippen LogP contribution in [0.25, 0.3) is 0 Å². The van der Waals surface area contributed by atoms with Gasteiger partial charge in [0, 0.05) is 26.1 Å². The standard InChI is InChI=1S/C13H21NO4/c1-13(12(16)17)6-7-14(9-13)11(15)5-4-10-3-2-8-18-10/h10H,2-9H2,1H3,(H,16,17). The van der Waals surface area contributed by atoms with Gasteiger partial charge in [-0.3, -0.25) is 9.59 Å². The molecule has 1 amide bonds. The van der Waals surface area contributed by atoms with Crippen LogP contribution in [0.15, 0.2) is 0 Å². The zero-order valence-electron chi connectivity index (χ0n) is 10.9. The van der Waals surface area contributed by atoms with Crippen LogP contribution in [0, 0.1) is 5.41 Å². The van der Waals surface area contributed by atoms with E-state index in [1.165, 1.54) is 0 Å². The number of carbonyl (C=O) groups is 2. The second kappa shape index (κ2) is 5.26. The lowest BCUT2D eigenvalue weighted by molar-refractivity contribution is -0.147. The van der Waals surface area contributed by atoms with E-state index in [2.05, 4.69) is 0 Å². The highest BCUT2D eigenvalue weighted by Crippen LogP contribution is 2.30. The lowest BCUT2D eigenvalue weighted by Crippen LogP contribution is -2.35. The van der Waals surface area contributed by atoms with E-state index in [9.17, 15) is 9.59 Å².